The molecule has 9 nitrogen and oxygen atoms in total. The van der Waals surface area contributed by atoms with Gasteiger partial charge in [-0.25, -0.2) is 9.59 Å². The van der Waals surface area contributed by atoms with Gasteiger partial charge < -0.3 is 25.6 Å². The summed E-state index contributed by atoms with van der Waals surface area (Å²) in [7, 11) is 0. The monoisotopic (exact) mass is 451 g/mol. The maximum Gasteiger partial charge on any atom is 0.407 e. The Balaban J connectivity index is 1.62. The summed E-state index contributed by atoms with van der Waals surface area (Å²) in [5, 5.41) is 31.6. The third-order valence-electron chi connectivity index (χ3n) is 5.49. The predicted molar refractivity (Wildman–Crippen MR) is 118 cm³/mol. The Labute approximate surface area is 191 Å². The summed E-state index contributed by atoms with van der Waals surface area (Å²) < 4.78 is 5.45. The number of nitrogens with one attached hydrogen (secondary N) is 2. The highest BCUT2D eigenvalue weighted by molar-refractivity contribution is 5.86. The number of unbranched alkanes of at least 4 members (excludes halogenated alkanes) is 1. The van der Waals surface area contributed by atoms with Crippen molar-refractivity contribution in [3.8, 4) is 17.2 Å². The summed E-state index contributed by atoms with van der Waals surface area (Å²) in [6.07, 6.45) is -1.86. The number of nitriles is 1. The highest BCUT2D eigenvalue weighted by Crippen LogP contribution is 2.44. The minimum atomic E-state index is -1.76. The van der Waals surface area contributed by atoms with Gasteiger partial charge in [-0.2, -0.15) is 5.26 Å². The summed E-state index contributed by atoms with van der Waals surface area (Å²) in [4.78, 5) is 35.6. The molecular weight excluding hydrogens is 426 g/mol. The van der Waals surface area contributed by atoms with Crippen LogP contribution in [-0.4, -0.2) is 53.5 Å². The van der Waals surface area contributed by atoms with Crippen LogP contribution in [0.2, 0.25) is 0 Å². The zero-order chi connectivity index (χ0) is 23.8. The van der Waals surface area contributed by atoms with Crippen molar-refractivity contribution in [1.29, 1.82) is 5.26 Å². The van der Waals surface area contributed by atoms with E-state index in [-0.39, 0.29) is 25.4 Å². The molecule has 0 spiro atoms. The summed E-state index contributed by atoms with van der Waals surface area (Å²) in [6, 6.07) is 16.7. The third kappa shape index (κ3) is 5.87. The minimum Gasteiger partial charge on any atom is -0.479 e. The quantitative estimate of drug-likeness (QED) is 0.404. The molecule has 0 radical (unpaired) electrons. The number of ether oxygens (including phenoxy) is 1. The fourth-order valence-electron chi connectivity index (χ4n) is 3.84. The van der Waals surface area contributed by atoms with Gasteiger partial charge in [-0.3, -0.25) is 4.79 Å². The van der Waals surface area contributed by atoms with Crippen molar-refractivity contribution in [2.75, 3.05) is 13.2 Å². The molecule has 4 N–H and O–H groups in total. The predicted octanol–water partition coefficient (Wildman–Crippen LogP) is 2.15. The minimum absolute atomic E-state index is 0.0735. The number of fused-ring (bicyclic) bond motifs is 3. The first kappa shape index (κ1) is 23.8. The number of carboxylic acid groups (broad SMARTS) is 1. The molecule has 0 heterocycles. The molecule has 9 heteroatoms. The molecule has 0 bridgehead atoms. The van der Waals surface area contributed by atoms with E-state index in [2.05, 4.69) is 10.6 Å². The standard InChI is InChI=1S/C24H25N3O6/c25-12-6-5-11-20(22(29)26-13-21(28)23(30)31)27-24(32)33-14-19-17-9-3-1-7-15(17)16-8-2-4-10-18(16)19/h1-4,7-10,19-21,28H,5-6,11,13-14H2,(H,26,29)(H,27,32)(H,30,31)/t20?,21-/m0/s1. The van der Waals surface area contributed by atoms with Crippen molar-refractivity contribution in [3.63, 3.8) is 0 Å². The van der Waals surface area contributed by atoms with Crippen LogP contribution >= 0.6 is 0 Å². The van der Waals surface area contributed by atoms with Crippen molar-refractivity contribution in [2.24, 2.45) is 0 Å². The van der Waals surface area contributed by atoms with Crippen LogP contribution in [0.1, 0.15) is 36.3 Å². The molecule has 1 unspecified atom stereocenters. The number of aliphatic hydroxyl groups is 1. The fraction of sp³-hybridized carbons (Fsp3) is 0.333. The van der Waals surface area contributed by atoms with Gasteiger partial charge in [0.1, 0.15) is 12.6 Å². The van der Waals surface area contributed by atoms with Gasteiger partial charge in [-0.1, -0.05) is 48.5 Å². The van der Waals surface area contributed by atoms with E-state index in [0.29, 0.717) is 6.42 Å². The largest absolute Gasteiger partial charge is 0.479 e. The Morgan fingerprint density at radius 1 is 1.06 bits per heavy atom. The number of aliphatic hydroxyl groups excluding tert-OH is 1. The molecule has 172 valence electrons. The first-order chi connectivity index (χ1) is 15.9. The van der Waals surface area contributed by atoms with Crippen LogP contribution in [0.4, 0.5) is 4.79 Å². The number of hydrogen-bond acceptors (Lipinski definition) is 6. The topological polar surface area (TPSA) is 149 Å². The van der Waals surface area contributed by atoms with Crippen LogP contribution < -0.4 is 10.6 Å². The van der Waals surface area contributed by atoms with Gasteiger partial charge >= 0.3 is 12.1 Å². The molecule has 2 aromatic carbocycles. The molecule has 2 amide bonds. The average Bonchev–Trinajstić information content (AvgIpc) is 3.14. The van der Waals surface area contributed by atoms with E-state index >= 15 is 0 Å². The number of carbonyl (C=O) groups is 3. The molecule has 0 aromatic heterocycles. The number of carbonyl (C=O) groups excluding carboxylic acids is 2. The Bertz CT molecular complexity index is 1020. The Morgan fingerprint density at radius 2 is 1.67 bits per heavy atom. The van der Waals surface area contributed by atoms with Crippen molar-refractivity contribution >= 4 is 18.0 Å². The second kappa shape index (κ2) is 11.1. The van der Waals surface area contributed by atoms with E-state index in [1.54, 1.807) is 0 Å². The summed E-state index contributed by atoms with van der Waals surface area (Å²) in [5.74, 6) is -2.28. The highest BCUT2D eigenvalue weighted by Gasteiger charge is 2.30. The molecule has 33 heavy (non-hydrogen) atoms. The number of alkyl carbamates (subject to hydrolysis) is 1. The molecule has 3 rings (SSSR count). The van der Waals surface area contributed by atoms with E-state index in [1.807, 2.05) is 54.6 Å². The number of carboxylic acids is 1. The molecule has 2 atom stereocenters. The van der Waals surface area contributed by atoms with E-state index < -0.39 is 36.7 Å². The van der Waals surface area contributed by atoms with Crippen molar-refractivity contribution in [3.05, 3.63) is 59.7 Å². The van der Waals surface area contributed by atoms with Crippen LogP contribution in [0.3, 0.4) is 0 Å². The Morgan fingerprint density at radius 3 is 2.24 bits per heavy atom. The lowest BCUT2D eigenvalue weighted by Gasteiger charge is -2.20. The van der Waals surface area contributed by atoms with E-state index in [1.165, 1.54) is 0 Å². The van der Waals surface area contributed by atoms with Gasteiger partial charge in [0.05, 0.1) is 12.6 Å². The first-order valence-corrected chi connectivity index (χ1v) is 10.6. The summed E-state index contributed by atoms with van der Waals surface area (Å²) in [5.41, 5.74) is 4.29. The lowest BCUT2D eigenvalue weighted by molar-refractivity contribution is -0.146. The number of hydrogen-bond donors (Lipinski definition) is 4. The van der Waals surface area contributed by atoms with Crippen LogP contribution in [-0.2, 0) is 14.3 Å². The third-order valence-corrected chi connectivity index (χ3v) is 5.49. The molecule has 0 saturated carbocycles. The van der Waals surface area contributed by atoms with Crippen molar-refractivity contribution in [2.45, 2.75) is 37.3 Å². The second-order valence-corrected chi connectivity index (χ2v) is 7.67. The summed E-state index contributed by atoms with van der Waals surface area (Å²) >= 11 is 0. The molecule has 1 aliphatic carbocycles. The second-order valence-electron chi connectivity index (χ2n) is 7.67. The van der Waals surface area contributed by atoms with Crippen LogP contribution in [0.25, 0.3) is 11.1 Å². The number of amides is 2. The van der Waals surface area contributed by atoms with Gasteiger partial charge in [0.15, 0.2) is 6.10 Å². The zero-order valence-electron chi connectivity index (χ0n) is 17.9. The lowest BCUT2D eigenvalue weighted by atomic mass is 9.98. The maximum absolute atomic E-state index is 12.5. The number of benzene rings is 2. The highest BCUT2D eigenvalue weighted by atomic mass is 16.5. The molecule has 1 aliphatic rings. The van der Waals surface area contributed by atoms with Gasteiger partial charge in [0.2, 0.25) is 5.91 Å². The summed E-state index contributed by atoms with van der Waals surface area (Å²) in [6.45, 7) is -0.431. The SMILES string of the molecule is N#CCCCC(NC(=O)OCC1c2ccccc2-c2ccccc21)C(=O)NC[C@H](O)C(=O)O. The fourth-order valence-corrected chi connectivity index (χ4v) is 3.84. The molecular formula is C24H25N3O6. The smallest absolute Gasteiger partial charge is 0.407 e. The van der Waals surface area contributed by atoms with Gasteiger partial charge in [0.25, 0.3) is 0 Å². The van der Waals surface area contributed by atoms with Crippen LogP contribution in [0.5, 0.6) is 0 Å². The molecule has 0 aliphatic heterocycles. The normalized spacial score (nSPS) is 13.7. The van der Waals surface area contributed by atoms with Gasteiger partial charge in [0, 0.05) is 12.3 Å². The first-order valence-electron chi connectivity index (χ1n) is 10.6. The van der Waals surface area contributed by atoms with Crippen molar-refractivity contribution in [1.82, 2.24) is 10.6 Å². The molecule has 0 saturated heterocycles. The maximum atomic E-state index is 12.5. The number of rotatable bonds is 10. The van der Waals surface area contributed by atoms with E-state index in [4.69, 9.17) is 15.1 Å². The average molecular weight is 451 g/mol. The molecule has 2 aromatic rings. The van der Waals surface area contributed by atoms with Crippen LogP contribution in [0.15, 0.2) is 48.5 Å². The van der Waals surface area contributed by atoms with Crippen LogP contribution in [0, 0.1) is 11.3 Å². The molecule has 0 fully saturated rings. The van der Waals surface area contributed by atoms with Gasteiger partial charge in [-0.15, -0.1) is 0 Å². The lowest BCUT2D eigenvalue weighted by Crippen LogP contribution is -2.49. The van der Waals surface area contributed by atoms with E-state index in [9.17, 15) is 19.5 Å². The van der Waals surface area contributed by atoms with Crippen molar-refractivity contribution < 1.29 is 29.3 Å². The van der Waals surface area contributed by atoms with E-state index in [0.717, 1.165) is 22.3 Å². The Hall–Kier alpha value is -3.90. The zero-order valence-corrected chi connectivity index (χ0v) is 17.9. The number of aliphatic carboxylic acids is 1. The Kier molecular flexibility index (Phi) is 8.00. The van der Waals surface area contributed by atoms with Gasteiger partial charge in [-0.05, 0) is 35.1 Å². The number of nitrogens with zero attached hydrogens (tertiary/aromatic N) is 1.